The van der Waals surface area contributed by atoms with Crippen LogP contribution in [0.3, 0.4) is 0 Å². The zero-order valence-electron chi connectivity index (χ0n) is 21.7. The lowest BCUT2D eigenvalue weighted by Gasteiger charge is -2.23. The smallest absolute Gasteiger partial charge is 0.245 e. The maximum atomic E-state index is 13.1. The van der Waals surface area contributed by atoms with Gasteiger partial charge in [0.15, 0.2) is 0 Å². The van der Waals surface area contributed by atoms with Crippen LogP contribution in [0.25, 0.3) is 5.69 Å². The molecule has 0 aliphatic heterocycles. The number of aromatic nitrogens is 2. The van der Waals surface area contributed by atoms with E-state index in [0.717, 1.165) is 36.2 Å². The molecular formula is C28H42N4O2. The summed E-state index contributed by atoms with van der Waals surface area (Å²) in [5, 5.41) is 7.85. The number of carbonyl (C=O) groups is 2. The van der Waals surface area contributed by atoms with Crippen molar-refractivity contribution in [3.8, 4) is 5.69 Å². The minimum atomic E-state index is -0.181. The molecule has 1 aromatic heterocycles. The molecule has 6 nitrogen and oxygen atoms in total. The number of nitrogens with zero attached hydrogens (tertiary/aromatic N) is 3. The first-order valence-corrected chi connectivity index (χ1v) is 12.9. The van der Waals surface area contributed by atoms with Gasteiger partial charge < -0.3 is 10.2 Å². The van der Waals surface area contributed by atoms with Crippen molar-refractivity contribution >= 4 is 17.6 Å². The average Bonchev–Trinajstić information content (AvgIpc) is 3.45. The number of amides is 2. The number of anilines is 1. The lowest BCUT2D eigenvalue weighted by atomic mass is 9.92. The number of benzene rings is 1. The molecule has 1 N–H and O–H groups in total. The van der Waals surface area contributed by atoms with Gasteiger partial charge in [-0.3, -0.25) is 9.59 Å². The summed E-state index contributed by atoms with van der Waals surface area (Å²) >= 11 is 0. The van der Waals surface area contributed by atoms with Crippen molar-refractivity contribution in [2.24, 2.45) is 5.92 Å². The first kappa shape index (κ1) is 26.0. The normalized spacial score (nSPS) is 14.4. The van der Waals surface area contributed by atoms with Crippen molar-refractivity contribution in [1.82, 2.24) is 14.7 Å². The van der Waals surface area contributed by atoms with Crippen molar-refractivity contribution in [3.05, 3.63) is 41.6 Å². The molecule has 0 radical (unpaired) electrons. The van der Waals surface area contributed by atoms with E-state index in [4.69, 9.17) is 5.10 Å². The van der Waals surface area contributed by atoms with Crippen molar-refractivity contribution in [2.75, 3.05) is 18.4 Å². The first-order valence-electron chi connectivity index (χ1n) is 12.9. The number of nitrogens with one attached hydrogen (secondary N) is 1. The van der Waals surface area contributed by atoms with Gasteiger partial charge in [-0.1, -0.05) is 71.9 Å². The summed E-state index contributed by atoms with van der Waals surface area (Å²) in [6.45, 7) is 11.2. The van der Waals surface area contributed by atoms with Crippen LogP contribution < -0.4 is 5.32 Å². The second-order valence-electron chi connectivity index (χ2n) is 10.8. The molecule has 1 aliphatic carbocycles. The van der Waals surface area contributed by atoms with Crippen molar-refractivity contribution < 1.29 is 9.59 Å². The summed E-state index contributed by atoms with van der Waals surface area (Å²) in [4.78, 5) is 27.8. The standard InChI is InChI=1S/C28H42N4O2/c1-6-7-17-31(27(34)16-15-22-12-8-9-13-22)20-26(33)29-25-19-24(28(3,4)5)30-32(25)23-14-10-11-21(2)18-23/h10-11,14,18-19,22H,6-9,12-13,15-17,20H2,1-5H3,(H,29,33). The summed E-state index contributed by atoms with van der Waals surface area (Å²) in [5.41, 5.74) is 2.78. The van der Waals surface area contributed by atoms with E-state index in [9.17, 15) is 9.59 Å². The van der Waals surface area contributed by atoms with Gasteiger partial charge in [0.2, 0.25) is 11.8 Å². The van der Waals surface area contributed by atoms with E-state index < -0.39 is 0 Å². The monoisotopic (exact) mass is 466 g/mol. The van der Waals surface area contributed by atoms with Crippen LogP contribution in [-0.2, 0) is 15.0 Å². The largest absolute Gasteiger partial charge is 0.333 e. The van der Waals surface area contributed by atoms with Gasteiger partial charge in [-0.15, -0.1) is 0 Å². The second kappa shape index (κ2) is 11.7. The number of carbonyl (C=O) groups excluding carboxylic acids is 2. The quantitative estimate of drug-likeness (QED) is 0.466. The number of aryl methyl sites for hydroxylation is 1. The summed E-state index contributed by atoms with van der Waals surface area (Å²) in [7, 11) is 0. The third-order valence-corrected chi connectivity index (χ3v) is 6.70. The highest BCUT2D eigenvalue weighted by Gasteiger charge is 2.24. The third-order valence-electron chi connectivity index (χ3n) is 6.70. The molecule has 1 aliphatic rings. The van der Waals surface area contributed by atoms with E-state index in [2.05, 4.69) is 39.1 Å². The summed E-state index contributed by atoms with van der Waals surface area (Å²) in [5.74, 6) is 1.22. The van der Waals surface area contributed by atoms with Crippen molar-refractivity contribution in [2.45, 2.75) is 91.4 Å². The van der Waals surface area contributed by atoms with Gasteiger partial charge in [-0.2, -0.15) is 5.10 Å². The molecule has 0 spiro atoms. The van der Waals surface area contributed by atoms with Crippen LogP contribution >= 0.6 is 0 Å². The highest BCUT2D eigenvalue weighted by atomic mass is 16.2. The van der Waals surface area contributed by atoms with Gasteiger partial charge in [0.25, 0.3) is 0 Å². The fraction of sp³-hybridized carbons (Fsp3) is 0.607. The van der Waals surface area contributed by atoms with Crippen LogP contribution in [0, 0.1) is 12.8 Å². The topological polar surface area (TPSA) is 67.2 Å². The summed E-state index contributed by atoms with van der Waals surface area (Å²) < 4.78 is 1.80. The lowest BCUT2D eigenvalue weighted by molar-refractivity contribution is -0.135. The number of hydrogen-bond acceptors (Lipinski definition) is 3. The van der Waals surface area contributed by atoms with E-state index >= 15 is 0 Å². The molecule has 0 atom stereocenters. The number of hydrogen-bond donors (Lipinski definition) is 1. The fourth-order valence-corrected chi connectivity index (χ4v) is 4.57. The number of unbranched alkanes of at least 4 members (excludes halogenated alkanes) is 1. The molecule has 34 heavy (non-hydrogen) atoms. The van der Waals surface area contributed by atoms with Gasteiger partial charge >= 0.3 is 0 Å². The molecular weight excluding hydrogens is 424 g/mol. The molecule has 0 bridgehead atoms. The fourth-order valence-electron chi connectivity index (χ4n) is 4.57. The van der Waals surface area contributed by atoms with Crippen molar-refractivity contribution in [3.63, 3.8) is 0 Å². The number of rotatable bonds is 10. The molecule has 1 fully saturated rings. The molecule has 2 aromatic rings. The van der Waals surface area contributed by atoms with Gasteiger partial charge in [0.05, 0.1) is 17.9 Å². The molecule has 0 saturated heterocycles. The van der Waals surface area contributed by atoms with Crippen LogP contribution in [0.15, 0.2) is 30.3 Å². The lowest BCUT2D eigenvalue weighted by Crippen LogP contribution is -2.39. The van der Waals surface area contributed by atoms with Crippen LogP contribution in [0.1, 0.15) is 90.3 Å². The van der Waals surface area contributed by atoms with Gasteiger partial charge in [0.1, 0.15) is 5.82 Å². The molecule has 6 heteroatoms. The van der Waals surface area contributed by atoms with Gasteiger partial charge in [-0.05, 0) is 43.4 Å². The molecule has 1 aromatic carbocycles. The van der Waals surface area contributed by atoms with E-state index in [1.54, 1.807) is 9.58 Å². The molecule has 1 heterocycles. The van der Waals surface area contributed by atoms with E-state index in [0.29, 0.717) is 24.7 Å². The molecule has 0 unspecified atom stereocenters. The predicted molar refractivity (Wildman–Crippen MR) is 138 cm³/mol. The minimum absolute atomic E-state index is 0.0767. The first-order chi connectivity index (χ1) is 16.2. The molecule has 1 saturated carbocycles. The second-order valence-corrected chi connectivity index (χ2v) is 10.8. The van der Waals surface area contributed by atoms with E-state index in [1.807, 2.05) is 31.2 Å². The van der Waals surface area contributed by atoms with Crippen LogP contribution in [0.5, 0.6) is 0 Å². The SMILES string of the molecule is CCCCN(CC(=O)Nc1cc(C(C)(C)C)nn1-c1cccc(C)c1)C(=O)CCC1CCCC1. The average molecular weight is 467 g/mol. The van der Waals surface area contributed by atoms with Crippen LogP contribution in [0.4, 0.5) is 5.82 Å². The Bertz CT molecular complexity index is 967. The Kier molecular flexibility index (Phi) is 8.92. The maximum absolute atomic E-state index is 13.1. The van der Waals surface area contributed by atoms with Crippen LogP contribution in [0.2, 0.25) is 0 Å². The molecule has 2 amide bonds. The minimum Gasteiger partial charge on any atom is -0.333 e. The van der Waals surface area contributed by atoms with Gasteiger partial charge in [-0.25, -0.2) is 4.68 Å². The maximum Gasteiger partial charge on any atom is 0.245 e. The Hall–Kier alpha value is -2.63. The molecule has 186 valence electrons. The van der Waals surface area contributed by atoms with E-state index in [1.165, 1.54) is 25.7 Å². The molecule has 3 rings (SSSR count). The van der Waals surface area contributed by atoms with Gasteiger partial charge in [0, 0.05) is 24.4 Å². The Morgan fingerprint density at radius 1 is 1.18 bits per heavy atom. The highest BCUT2D eigenvalue weighted by Crippen LogP contribution is 2.29. The van der Waals surface area contributed by atoms with E-state index in [-0.39, 0.29) is 23.8 Å². The summed E-state index contributed by atoms with van der Waals surface area (Å²) in [6.07, 6.45) is 8.41. The Morgan fingerprint density at radius 3 is 2.56 bits per heavy atom. The predicted octanol–water partition coefficient (Wildman–Crippen LogP) is 6.02. The zero-order chi connectivity index (χ0) is 24.7. The Labute approximate surface area is 205 Å². The Balaban J connectivity index is 1.73. The zero-order valence-corrected chi connectivity index (χ0v) is 21.7. The summed E-state index contributed by atoms with van der Waals surface area (Å²) in [6, 6.07) is 10.0. The third kappa shape index (κ3) is 7.18. The Morgan fingerprint density at radius 2 is 1.91 bits per heavy atom. The van der Waals surface area contributed by atoms with Crippen molar-refractivity contribution in [1.29, 1.82) is 0 Å². The highest BCUT2D eigenvalue weighted by molar-refractivity contribution is 5.94. The van der Waals surface area contributed by atoms with Crippen LogP contribution in [-0.4, -0.2) is 39.6 Å².